The molecule has 1 heterocycles. The van der Waals surface area contributed by atoms with Gasteiger partial charge in [-0.15, -0.1) is 12.6 Å². The smallest absolute Gasteiger partial charge is 0.130 e. The summed E-state index contributed by atoms with van der Waals surface area (Å²) in [5.74, 6) is 0. The third-order valence-corrected chi connectivity index (χ3v) is 1.84. The summed E-state index contributed by atoms with van der Waals surface area (Å²) in [4.78, 5) is 0. The van der Waals surface area contributed by atoms with E-state index in [1.807, 2.05) is 62.3 Å². The lowest BCUT2D eigenvalue weighted by atomic mass is 10.2. The van der Waals surface area contributed by atoms with Crippen molar-refractivity contribution in [3.05, 3.63) is 0 Å². The fraction of sp³-hybridized carbons (Fsp3) is 0.938. The van der Waals surface area contributed by atoms with Crippen LogP contribution in [0.25, 0.3) is 0 Å². The molecule has 2 nitrogen and oxygen atoms in total. The standard InChI is InChI=1S/C5H11N.C3H7NS2.4C2H6/c1-2-4-6-5-3-1;1-2-4-3(5)6;4*1-2/h6H,1-5H2;2H2,1H3,(H2,4,5,6);4*1-2H3. The van der Waals surface area contributed by atoms with Gasteiger partial charge < -0.3 is 10.6 Å². The van der Waals surface area contributed by atoms with Crippen LogP contribution in [0.3, 0.4) is 0 Å². The Morgan fingerprint density at radius 2 is 1.25 bits per heavy atom. The molecule has 1 aliphatic heterocycles. The van der Waals surface area contributed by atoms with Crippen molar-refractivity contribution in [1.29, 1.82) is 0 Å². The van der Waals surface area contributed by atoms with Crippen molar-refractivity contribution in [2.45, 2.75) is 81.6 Å². The molecule has 0 aromatic heterocycles. The van der Waals surface area contributed by atoms with E-state index in [0.29, 0.717) is 4.32 Å². The van der Waals surface area contributed by atoms with Crippen molar-refractivity contribution in [1.82, 2.24) is 10.6 Å². The maximum absolute atomic E-state index is 4.55. The number of thiol groups is 1. The van der Waals surface area contributed by atoms with E-state index in [1.54, 1.807) is 0 Å². The van der Waals surface area contributed by atoms with Crippen molar-refractivity contribution in [3.63, 3.8) is 0 Å². The Kier molecular flexibility index (Phi) is 81.7. The lowest BCUT2D eigenvalue weighted by molar-refractivity contribution is 0.520. The molecule has 0 aliphatic carbocycles. The van der Waals surface area contributed by atoms with Crippen LogP contribution in [0.15, 0.2) is 0 Å². The quantitative estimate of drug-likeness (QED) is 0.427. The molecule has 0 aromatic rings. The van der Waals surface area contributed by atoms with Gasteiger partial charge in [-0.1, -0.05) is 74.0 Å². The monoisotopic (exact) mass is 326 g/mol. The Morgan fingerprint density at radius 1 is 0.900 bits per heavy atom. The highest BCUT2D eigenvalue weighted by molar-refractivity contribution is 8.11. The molecule has 0 aromatic carbocycles. The predicted molar refractivity (Wildman–Crippen MR) is 107 cm³/mol. The van der Waals surface area contributed by atoms with Crippen LogP contribution in [0.4, 0.5) is 0 Å². The Bertz CT molecular complexity index is 106. The summed E-state index contributed by atoms with van der Waals surface area (Å²) in [7, 11) is 0. The van der Waals surface area contributed by atoms with Gasteiger partial charge in [0.1, 0.15) is 4.32 Å². The summed E-state index contributed by atoms with van der Waals surface area (Å²) < 4.78 is 0.567. The van der Waals surface area contributed by atoms with Gasteiger partial charge in [-0.2, -0.15) is 0 Å². The summed E-state index contributed by atoms with van der Waals surface area (Å²) in [6.45, 7) is 21.3. The molecule has 0 amide bonds. The van der Waals surface area contributed by atoms with Crippen LogP contribution in [0.1, 0.15) is 81.6 Å². The molecule has 2 N–H and O–H groups in total. The third-order valence-electron chi connectivity index (χ3n) is 1.54. The van der Waals surface area contributed by atoms with Gasteiger partial charge in [0.15, 0.2) is 0 Å². The number of rotatable bonds is 1. The summed E-state index contributed by atoms with van der Waals surface area (Å²) in [6, 6.07) is 0. The van der Waals surface area contributed by atoms with E-state index in [9.17, 15) is 0 Å². The van der Waals surface area contributed by atoms with Gasteiger partial charge in [-0.25, -0.2) is 0 Å². The molecule has 0 unspecified atom stereocenters. The first-order chi connectivity index (χ1) is 9.77. The largest absolute Gasteiger partial charge is 0.371 e. The van der Waals surface area contributed by atoms with E-state index >= 15 is 0 Å². The average molecular weight is 327 g/mol. The van der Waals surface area contributed by atoms with Gasteiger partial charge in [0.2, 0.25) is 0 Å². The highest BCUT2D eigenvalue weighted by Crippen LogP contribution is 1.96. The molecule has 0 spiro atoms. The highest BCUT2D eigenvalue weighted by atomic mass is 32.1. The number of nitrogens with one attached hydrogen (secondary N) is 2. The van der Waals surface area contributed by atoms with Gasteiger partial charge in [-0.3, -0.25) is 0 Å². The Morgan fingerprint density at radius 3 is 1.30 bits per heavy atom. The van der Waals surface area contributed by atoms with Crippen LogP contribution >= 0.6 is 24.8 Å². The van der Waals surface area contributed by atoms with E-state index in [4.69, 9.17) is 0 Å². The van der Waals surface area contributed by atoms with E-state index in [-0.39, 0.29) is 0 Å². The molecule has 1 rings (SSSR count). The molecule has 1 fully saturated rings. The number of piperidine rings is 1. The van der Waals surface area contributed by atoms with Crippen LogP contribution in [0, 0.1) is 0 Å². The van der Waals surface area contributed by atoms with Gasteiger partial charge in [0, 0.05) is 6.54 Å². The van der Waals surface area contributed by atoms with E-state index in [1.165, 1.54) is 32.4 Å². The van der Waals surface area contributed by atoms with Gasteiger partial charge >= 0.3 is 0 Å². The van der Waals surface area contributed by atoms with E-state index < -0.39 is 0 Å². The molecular weight excluding hydrogens is 284 g/mol. The fourth-order valence-electron chi connectivity index (χ4n) is 0.953. The third kappa shape index (κ3) is 63.6. The van der Waals surface area contributed by atoms with Crippen LogP contribution < -0.4 is 10.6 Å². The first-order valence-electron chi connectivity index (χ1n) is 8.45. The molecule has 0 bridgehead atoms. The van der Waals surface area contributed by atoms with Crippen molar-refractivity contribution in [2.24, 2.45) is 0 Å². The molecule has 0 atom stereocenters. The summed E-state index contributed by atoms with van der Waals surface area (Å²) >= 11 is 8.35. The topological polar surface area (TPSA) is 24.1 Å². The number of hydrogen-bond donors (Lipinski definition) is 3. The SMILES string of the molecule is C1CCNCC1.CC.CC.CC.CC.CCNC(=S)S. The molecule has 1 aliphatic rings. The zero-order chi connectivity index (χ0) is 17.2. The van der Waals surface area contributed by atoms with E-state index in [2.05, 4.69) is 35.5 Å². The maximum Gasteiger partial charge on any atom is 0.130 e. The average Bonchev–Trinajstić information content (AvgIpc) is 2.57. The van der Waals surface area contributed by atoms with Crippen molar-refractivity contribution < 1.29 is 0 Å². The van der Waals surface area contributed by atoms with Gasteiger partial charge in [-0.05, 0) is 32.9 Å². The zero-order valence-electron chi connectivity index (χ0n) is 15.6. The first-order valence-corrected chi connectivity index (χ1v) is 9.30. The summed E-state index contributed by atoms with van der Waals surface area (Å²) in [6.07, 6.45) is 4.22. The number of hydrogen-bond acceptors (Lipinski definition) is 2. The lowest BCUT2D eigenvalue weighted by Gasteiger charge is -2.08. The summed E-state index contributed by atoms with van der Waals surface area (Å²) in [5, 5.41) is 6.09. The van der Waals surface area contributed by atoms with Crippen molar-refractivity contribution in [2.75, 3.05) is 19.6 Å². The minimum atomic E-state index is 0.567. The maximum atomic E-state index is 4.55. The van der Waals surface area contributed by atoms with Crippen LogP contribution in [0.5, 0.6) is 0 Å². The lowest BCUT2D eigenvalue weighted by Crippen LogP contribution is -2.21. The second kappa shape index (κ2) is 50.7. The van der Waals surface area contributed by atoms with Crippen molar-refractivity contribution >= 4 is 29.2 Å². The molecule has 20 heavy (non-hydrogen) atoms. The predicted octanol–water partition coefficient (Wildman–Crippen LogP) is 5.68. The van der Waals surface area contributed by atoms with Crippen LogP contribution in [0.2, 0.25) is 0 Å². The zero-order valence-corrected chi connectivity index (χ0v) is 17.3. The molecular formula is C16H42N2S2. The first kappa shape index (κ1) is 32.2. The van der Waals surface area contributed by atoms with Gasteiger partial charge in [0.25, 0.3) is 0 Å². The Balaban J connectivity index is -0.0000000504. The molecule has 0 saturated carbocycles. The fourth-order valence-corrected chi connectivity index (χ4v) is 1.26. The van der Waals surface area contributed by atoms with E-state index in [0.717, 1.165) is 6.54 Å². The Hall–Kier alpha value is 0.200. The minimum Gasteiger partial charge on any atom is -0.371 e. The highest BCUT2D eigenvalue weighted by Gasteiger charge is 1.93. The van der Waals surface area contributed by atoms with Crippen molar-refractivity contribution in [3.8, 4) is 0 Å². The minimum absolute atomic E-state index is 0.567. The normalized spacial score (nSPS) is 10.7. The number of thiocarbonyl (C=S) groups is 1. The molecule has 128 valence electrons. The second-order valence-electron chi connectivity index (χ2n) is 2.65. The van der Waals surface area contributed by atoms with Crippen LogP contribution in [-0.2, 0) is 0 Å². The molecule has 4 heteroatoms. The van der Waals surface area contributed by atoms with Gasteiger partial charge in [0.05, 0.1) is 0 Å². The molecule has 0 radical (unpaired) electrons. The summed E-state index contributed by atoms with van der Waals surface area (Å²) in [5.41, 5.74) is 0. The Labute approximate surface area is 141 Å². The molecule has 1 saturated heterocycles. The second-order valence-corrected chi connectivity index (χ2v) is 3.80. The van der Waals surface area contributed by atoms with Crippen LogP contribution in [-0.4, -0.2) is 24.0 Å².